The number of halogens is 1. The second kappa shape index (κ2) is 7.63. The van der Waals surface area contributed by atoms with Gasteiger partial charge in [-0.1, -0.05) is 6.92 Å². The summed E-state index contributed by atoms with van der Waals surface area (Å²) in [5.74, 6) is -0.997. The second-order valence-corrected chi connectivity index (χ2v) is 4.80. The molecule has 1 aromatic rings. The number of urea groups is 1. The van der Waals surface area contributed by atoms with Crippen LogP contribution < -0.4 is 16.4 Å². The third-order valence-corrected chi connectivity index (χ3v) is 3.15. The van der Waals surface area contributed by atoms with Crippen LogP contribution in [-0.2, 0) is 4.79 Å². The summed E-state index contributed by atoms with van der Waals surface area (Å²) in [7, 11) is 0. The van der Waals surface area contributed by atoms with Crippen LogP contribution in [0, 0.1) is 5.82 Å². The van der Waals surface area contributed by atoms with Crippen LogP contribution >= 0.6 is 11.8 Å². The molecule has 0 saturated heterocycles. The molecule has 0 aromatic heterocycles. The molecule has 0 aliphatic rings. The number of carbonyl (C=O) groups is 2. The standard InChI is InChI=1S/C12H16FN3O2S/c1-2-5-15-12(18)16-11(17)7-19-10-4-3-8(14)6-9(10)13/h3-4,6H,2,5,7,14H2,1H3,(H2,15,16,17,18). The van der Waals surface area contributed by atoms with Crippen molar-refractivity contribution in [1.29, 1.82) is 0 Å². The van der Waals surface area contributed by atoms with Gasteiger partial charge in [0.25, 0.3) is 0 Å². The molecule has 7 heteroatoms. The first-order valence-corrected chi connectivity index (χ1v) is 6.77. The minimum Gasteiger partial charge on any atom is -0.399 e. The van der Waals surface area contributed by atoms with Gasteiger partial charge in [-0.3, -0.25) is 10.1 Å². The van der Waals surface area contributed by atoms with Gasteiger partial charge < -0.3 is 11.1 Å². The van der Waals surface area contributed by atoms with Crippen LogP contribution in [0.2, 0.25) is 0 Å². The van der Waals surface area contributed by atoms with Crippen molar-refractivity contribution in [2.45, 2.75) is 18.2 Å². The summed E-state index contributed by atoms with van der Waals surface area (Å²) >= 11 is 1.01. The van der Waals surface area contributed by atoms with Crippen molar-refractivity contribution in [3.63, 3.8) is 0 Å². The molecular formula is C12H16FN3O2S. The highest BCUT2D eigenvalue weighted by molar-refractivity contribution is 8.00. The van der Waals surface area contributed by atoms with Crippen LogP contribution in [0.1, 0.15) is 13.3 Å². The molecule has 1 rings (SSSR count). The second-order valence-electron chi connectivity index (χ2n) is 3.78. The number of nitrogen functional groups attached to an aromatic ring is 1. The van der Waals surface area contributed by atoms with E-state index < -0.39 is 17.8 Å². The van der Waals surface area contributed by atoms with Crippen LogP contribution in [-0.4, -0.2) is 24.2 Å². The molecule has 0 heterocycles. The molecule has 3 amide bonds. The Labute approximate surface area is 115 Å². The first kappa shape index (κ1) is 15.3. The van der Waals surface area contributed by atoms with Crippen molar-refractivity contribution >= 4 is 29.4 Å². The average molecular weight is 285 g/mol. The molecule has 0 spiro atoms. The summed E-state index contributed by atoms with van der Waals surface area (Å²) in [5, 5.41) is 4.67. The number of nitrogens with two attached hydrogens (primary N) is 1. The SMILES string of the molecule is CCCNC(=O)NC(=O)CSc1ccc(N)cc1F. The molecule has 0 saturated carbocycles. The quantitative estimate of drug-likeness (QED) is 0.568. The predicted molar refractivity (Wildman–Crippen MR) is 73.4 cm³/mol. The highest BCUT2D eigenvalue weighted by Gasteiger charge is 2.09. The summed E-state index contributed by atoms with van der Waals surface area (Å²) in [4.78, 5) is 22.9. The van der Waals surface area contributed by atoms with Gasteiger partial charge >= 0.3 is 6.03 Å². The third-order valence-electron chi connectivity index (χ3n) is 2.10. The molecule has 0 atom stereocenters. The normalized spacial score (nSPS) is 10.0. The van der Waals surface area contributed by atoms with E-state index in [9.17, 15) is 14.0 Å². The molecule has 0 bridgehead atoms. The molecule has 5 nitrogen and oxygen atoms in total. The van der Waals surface area contributed by atoms with Crippen molar-refractivity contribution in [3.05, 3.63) is 24.0 Å². The van der Waals surface area contributed by atoms with E-state index in [0.717, 1.165) is 18.2 Å². The third kappa shape index (κ3) is 5.60. The number of amides is 3. The van der Waals surface area contributed by atoms with Gasteiger partial charge in [0.05, 0.1) is 5.75 Å². The number of rotatable bonds is 5. The maximum atomic E-state index is 13.4. The Bertz CT molecular complexity index is 468. The van der Waals surface area contributed by atoms with Gasteiger partial charge in [0, 0.05) is 17.1 Å². The monoisotopic (exact) mass is 285 g/mol. The van der Waals surface area contributed by atoms with Gasteiger partial charge in [0.1, 0.15) is 5.82 Å². The lowest BCUT2D eigenvalue weighted by Crippen LogP contribution is -2.40. The summed E-state index contributed by atoms with van der Waals surface area (Å²) in [6.45, 7) is 2.40. The lowest BCUT2D eigenvalue weighted by atomic mass is 10.3. The number of anilines is 1. The van der Waals surface area contributed by atoms with E-state index in [1.165, 1.54) is 12.1 Å². The van der Waals surface area contributed by atoms with Gasteiger partial charge in [-0.25, -0.2) is 9.18 Å². The first-order chi connectivity index (χ1) is 9.02. The Morgan fingerprint density at radius 3 is 2.79 bits per heavy atom. The molecule has 4 N–H and O–H groups in total. The number of carbonyl (C=O) groups excluding carboxylic acids is 2. The van der Waals surface area contributed by atoms with E-state index in [2.05, 4.69) is 10.6 Å². The van der Waals surface area contributed by atoms with Crippen molar-refractivity contribution in [2.24, 2.45) is 0 Å². The van der Waals surface area contributed by atoms with E-state index in [1.807, 2.05) is 6.92 Å². The number of imide groups is 1. The smallest absolute Gasteiger partial charge is 0.321 e. The summed E-state index contributed by atoms with van der Waals surface area (Å²) in [6.07, 6.45) is 0.785. The Hall–Kier alpha value is -1.76. The highest BCUT2D eigenvalue weighted by Crippen LogP contribution is 2.23. The van der Waals surface area contributed by atoms with Crippen LogP contribution in [0.5, 0.6) is 0 Å². The number of thioether (sulfide) groups is 1. The molecule has 0 aliphatic heterocycles. The zero-order valence-electron chi connectivity index (χ0n) is 10.5. The van der Waals surface area contributed by atoms with Crippen molar-refractivity contribution in [3.8, 4) is 0 Å². The maximum absolute atomic E-state index is 13.4. The van der Waals surface area contributed by atoms with Gasteiger partial charge in [0.2, 0.25) is 5.91 Å². The fraction of sp³-hybridized carbons (Fsp3) is 0.333. The molecule has 1 aromatic carbocycles. The Morgan fingerprint density at radius 2 is 2.16 bits per heavy atom. The van der Waals surface area contributed by atoms with Gasteiger partial charge in [-0.05, 0) is 24.6 Å². The predicted octanol–water partition coefficient (Wildman–Crippen LogP) is 1.74. The molecular weight excluding hydrogens is 269 g/mol. The average Bonchev–Trinajstić information content (AvgIpc) is 2.35. The number of benzene rings is 1. The molecule has 104 valence electrons. The lowest BCUT2D eigenvalue weighted by molar-refractivity contribution is -0.117. The summed E-state index contributed by atoms with van der Waals surface area (Å²) in [5.41, 5.74) is 5.74. The van der Waals surface area contributed by atoms with E-state index >= 15 is 0 Å². The molecule has 0 unspecified atom stereocenters. The molecule has 19 heavy (non-hydrogen) atoms. The Balaban J connectivity index is 2.39. The van der Waals surface area contributed by atoms with E-state index in [0.29, 0.717) is 17.1 Å². The number of hydrogen-bond acceptors (Lipinski definition) is 4. The summed E-state index contributed by atoms with van der Waals surface area (Å²) in [6, 6.07) is 3.70. The Morgan fingerprint density at radius 1 is 1.42 bits per heavy atom. The first-order valence-electron chi connectivity index (χ1n) is 5.78. The fourth-order valence-corrected chi connectivity index (χ4v) is 1.94. The van der Waals surface area contributed by atoms with Crippen molar-refractivity contribution in [1.82, 2.24) is 10.6 Å². The molecule has 0 fully saturated rings. The zero-order chi connectivity index (χ0) is 14.3. The van der Waals surface area contributed by atoms with Gasteiger partial charge in [0.15, 0.2) is 0 Å². The van der Waals surface area contributed by atoms with Crippen LogP contribution in [0.25, 0.3) is 0 Å². The Kier molecular flexibility index (Phi) is 6.14. The topological polar surface area (TPSA) is 84.2 Å². The van der Waals surface area contributed by atoms with Gasteiger partial charge in [-0.15, -0.1) is 11.8 Å². The van der Waals surface area contributed by atoms with E-state index in [1.54, 1.807) is 6.07 Å². The van der Waals surface area contributed by atoms with Crippen LogP contribution in [0.3, 0.4) is 0 Å². The van der Waals surface area contributed by atoms with E-state index in [4.69, 9.17) is 5.73 Å². The van der Waals surface area contributed by atoms with E-state index in [-0.39, 0.29) is 5.75 Å². The number of nitrogens with one attached hydrogen (secondary N) is 2. The fourth-order valence-electron chi connectivity index (χ4n) is 1.22. The minimum absolute atomic E-state index is 0.0413. The van der Waals surface area contributed by atoms with Crippen LogP contribution in [0.15, 0.2) is 23.1 Å². The zero-order valence-corrected chi connectivity index (χ0v) is 11.3. The summed E-state index contributed by atoms with van der Waals surface area (Å²) < 4.78 is 13.4. The van der Waals surface area contributed by atoms with Crippen molar-refractivity contribution in [2.75, 3.05) is 18.0 Å². The minimum atomic E-state index is -0.537. The molecule has 0 aliphatic carbocycles. The largest absolute Gasteiger partial charge is 0.399 e. The maximum Gasteiger partial charge on any atom is 0.321 e. The highest BCUT2D eigenvalue weighted by atomic mass is 32.2. The van der Waals surface area contributed by atoms with Crippen LogP contribution in [0.4, 0.5) is 14.9 Å². The number of hydrogen-bond donors (Lipinski definition) is 3. The molecule has 0 radical (unpaired) electrons. The van der Waals surface area contributed by atoms with Crippen molar-refractivity contribution < 1.29 is 14.0 Å². The lowest BCUT2D eigenvalue weighted by Gasteiger charge is -2.06. The van der Waals surface area contributed by atoms with Gasteiger partial charge in [-0.2, -0.15) is 0 Å².